The summed E-state index contributed by atoms with van der Waals surface area (Å²) < 4.78 is 7.56. The van der Waals surface area contributed by atoms with Crippen molar-refractivity contribution >= 4 is 17.5 Å². The number of hydrogen-bond donors (Lipinski definition) is 1. The Morgan fingerprint density at radius 3 is 2.83 bits per heavy atom. The van der Waals surface area contributed by atoms with Gasteiger partial charge in [0, 0.05) is 59.0 Å². The number of nitrogens with one attached hydrogen (secondary N) is 1. The fourth-order valence-electron chi connectivity index (χ4n) is 3.96. The van der Waals surface area contributed by atoms with Crippen LogP contribution < -0.4 is 5.32 Å². The number of piperazine rings is 1. The minimum Gasteiger partial charge on any atom is -0.368 e. The number of amides is 1. The van der Waals surface area contributed by atoms with Gasteiger partial charge in [0.25, 0.3) is 5.91 Å². The summed E-state index contributed by atoms with van der Waals surface area (Å²) >= 11 is 0. The molecule has 2 aliphatic heterocycles. The molecular weight excluding hydrogens is 370 g/mol. The van der Waals surface area contributed by atoms with Gasteiger partial charge in [-0.3, -0.25) is 14.2 Å². The first-order valence-electron chi connectivity index (χ1n) is 10.4. The van der Waals surface area contributed by atoms with Gasteiger partial charge in [-0.1, -0.05) is 6.07 Å². The molecule has 0 bridgehead atoms. The summed E-state index contributed by atoms with van der Waals surface area (Å²) in [6, 6.07) is 5.91. The first-order chi connectivity index (χ1) is 14.3. The first-order valence-corrected chi connectivity index (χ1v) is 10.4. The van der Waals surface area contributed by atoms with E-state index in [0.29, 0.717) is 19.7 Å². The van der Waals surface area contributed by atoms with Crippen LogP contribution in [0.4, 0.5) is 0 Å². The Hall–Kier alpha value is -2.68. The van der Waals surface area contributed by atoms with E-state index in [1.165, 1.54) is 0 Å². The number of ether oxygens (including phenoxy) is 1. The van der Waals surface area contributed by atoms with Crippen LogP contribution in [0.3, 0.4) is 0 Å². The lowest BCUT2D eigenvalue weighted by Gasteiger charge is -2.37. The lowest BCUT2D eigenvalue weighted by molar-refractivity contribution is -0.142. The smallest absolute Gasteiger partial charge is 0.251 e. The Bertz CT molecular complexity index is 851. The molecule has 0 spiro atoms. The molecule has 1 atom stereocenters. The number of fused-ring (bicyclic) bond motifs is 1. The topological polar surface area (TPSA) is 87.4 Å². The maximum atomic E-state index is 12.5. The minimum absolute atomic E-state index is 0.144. The second-order valence-electron chi connectivity index (χ2n) is 7.44. The molecular formula is C20H29N7O2. The monoisotopic (exact) mass is 399 g/mol. The van der Waals surface area contributed by atoms with Crippen molar-refractivity contribution in [1.29, 1.82) is 0 Å². The predicted molar refractivity (Wildman–Crippen MR) is 110 cm³/mol. The quantitative estimate of drug-likeness (QED) is 0.449. The molecule has 1 N–H and O–H groups in total. The summed E-state index contributed by atoms with van der Waals surface area (Å²) in [5, 5.41) is 11.9. The van der Waals surface area contributed by atoms with E-state index in [4.69, 9.17) is 4.74 Å². The maximum Gasteiger partial charge on any atom is 0.251 e. The number of pyridine rings is 1. The van der Waals surface area contributed by atoms with Gasteiger partial charge in [0.1, 0.15) is 11.9 Å². The molecule has 4 heterocycles. The lowest BCUT2D eigenvalue weighted by Crippen LogP contribution is -2.55. The van der Waals surface area contributed by atoms with Crippen LogP contribution >= 0.6 is 0 Å². The number of nitrogens with zero attached hydrogens (tertiary/aromatic N) is 6. The Balaban J connectivity index is 1.21. The van der Waals surface area contributed by atoms with Gasteiger partial charge < -0.3 is 19.9 Å². The highest BCUT2D eigenvalue weighted by Crippen LogP contribution is 2.16. The number of aromatic nitrogens is 3. The maximum absolute atomic E-state index is 12.5. The fourth-order valence-corrected chi connectivity index (χ4v) is 3.96. The van der Waals surface area contributed by atoms with Gasteiger partial charge in [-0.05, 0) is 31.4 Å². The van der Waals surface area contributed by atoms with Crippen molar-refractivity contribution in [2.75, 3.05) is 46.4 Å². The van der Waals surface area contributed by atoms with E-state index in [1.807, 2.05) is 33.7 Å². The van der Waals surface area contributed by atoms with Crippen molar-refractivity contribution in [3.63, 3.8) is 0 Å². The van der Waals surface area contributed by atoms with Crippen LogP contribution in [0.15, 0.2) is 29.4 Å². The zero-order chi connectivity index (χ0) is 20.1. The largest absolute Gasteiger partial charge is 0.368 e. The number of aliphatic imine (C=N–C) groups is 1. The average Bonchev–Trinajstić information content (AvgIpc) is 3.44. The van der Waals surface area contributed by atoms with Crippen molar-refractivity contribution in [2.45, 2.75) is 31.8 Å². The molecule has 2 aromatic rings. The Morgan fingerprint density at radius 2 is 2.07 bits per heavy atom. The van der Waals surface area contributed by atoms with Gasteiger partial charge in [-0.25, -0.2) is 0 Å². The predicted octanol–water partition coefficient (Wildman–Crippen LogP) is 0.561. The number of carbonyl (C=O) groups is 1. The van der Waals surface area contributed by atoms with Crippen LogP contribution in [-0.4, -0.2) is 88.7 Å². The highest BCUT2D eigenvalue weighted by Gasteiger charge is 2.30. The van der Waals surface area contributed by atoms with Gasteiger partial charge >= 0.3 is 0 Å². The normalized spacial score (nSPS) is 20.4. The highest BCUT2D eigenvalue weighted by molar-refractivity contribution is 5.82. The van der Waals surface area contributed by atoms with E-state index in [-0.39, 0.29) is 12.0 Å². The summed E-state index contributed by atoms with van der Waals surface area (Å²) in [7, 11) is 1.80. The fraction of sp³-hybridized carbons (Fsp3) is 0.600. The van der Waals surface area contributed by atoms with Crippen molar-refractivity contribution in [3.05, 3.63) is 30.2 Å². The summed E-state index contributed by atoms with van der Waals surface area (Å²) in [4.78, 5) is 21.0. The molecule has 9 heteroatoms. The van der Waals surface area contributed by atoms with Crippen molar-refractivity contribution in [2.24, 2.45) is 4.99 Å². The van der Waals surface area contributed by atoms with E-state index in [1.54, 1.807) is 7.05 Å². The third kappa shape index (κ3) is 4.50. The van der Waals surface area contributed by atoms with Gasteiger partial charge in [0.15, 0.2) is 11.6 Å². The molecule has 29 heavy (non-hydrogen) atoms. The summed E-state index contributed by atoms with van der Waals surface area (Å²) in [5.74, 6) is 2.00. The van der Waals surface area contributed by atoms with E-state index < -0.39 is 0 Å². The Labute approximate surface area is 170 Å². The standard InChI is InChI=1S/C20H29N7O2/c1-21-20(22-9-4-8-18-24-23-17-7-2-3-10-27(17)18)26-13-11-25(12-14-26)19(28)16-6-5-15-29-16/h2-3,7,10,16H,4-6,8-9,11-15H2,1H3,(H,21,22). The third-order valence-corrected chi connectivity index (χ3v) is 5.55. The minimum atomic E-state index is -0.229. The molecule has 2 aliphatic rings. The van der Waals surface area contributed by atoms with Crippen molar-refractivity contribution < 1.29 is 9.53 Å². The first kappa shape index (κ1) is 19.6. The van der Waals surface area contributed by atoms with E-state index >= 15 is 0 Å². The average molecular weight is 399 g/mol. The van der Waals surface area contributed by atoms with Crippen molar-refractivity contribution in [3.8, 4) is 0 Å². The van der Waals surface area contributed by atoms with Crippen molar-refractivity contribution in [1.82, 2.24) is 29.7 Å². The molecule has 9 nitrogen and oxygen atoms in total. The van der Waals surface area contributed by atoms with E-state index in [9.17, 15) is 4.79 Å². The van der Waals surface area contributed by atoms with E-state index in [0.717, 1.165) is 62.7 Å². The van der Waals surface area contributed by atoms with Crippen LogP contribution in [0.1, 0.15) is 25.1 Å². The molecule has 156 valence electrons. The van der Waals surface area contributed by atoms with Crippen LogP contribution in [0.25, 0.3) is 5.65 Å². The molecule has 2 fully saturated rings. The van der Waals surface area contributed by atoms with E-state index in [2.05, 4.69) is 25.4 Å². The molecule has 4 rings (SSSR count). The van der Waals surface area contributed by atoms with Crippen LogP contribution in [0.2, 0.25) is 0 Å². The number of carbonyl (C=O) groups excluding carboxylic acids is 1. The summed E-state index contributed by atoms with van der Waals surface area (Å²) in [5.41, 5.74) is 0.877. The second-order valence-corrected chi connectivity index (χ2v) is 7.44. The number of rotatable bonds is 5. The molecule has 2 saturated heterocycles. The molecule has 0 saturated carbocycles. The Kier molecular flexibility index (Phi) is 6.24. The zero-order valence-electron chi connectivity index (χ0n) is 17.0. The lowest BCUT2D eigenvalue weighted by atomic mass is 10.2. The molecule has 0 aromatic carbocycles. The number of hydrogen-bond acceptors (Lipinski definition) is 5. The summed E-state index contributed by atoms with van der Waals surface area (Å²) in [6.07, 6.45) is 5.38. The third-order valence-electron chi connectivity index (χ3n) is 5.55. The second kappa shape index (κ2) is 9.21. The van der Waals surface area contributed by atoms with Gasteiger partial charge in [0.05, 0.1) is 0 Å². The van der Waals surface area contributed by atoms with Crippen LogP contribution in [-0.2, 0) is 16.0 Å². The summed E-state index contributed by atoms with van der Waals surface area (Å²) in [6.45, 7) is 4.51. The molecule has 2 aromatic heterocycles. The molecule has 1 amide bonds. The number of guanidine groups is 1. The highest BCUT2D eigenvalue weighted by atomic mass is 16.5. The van der Waals surface area contributed by atoms with Gasteiger partial charge in [-0.2, -0.15) is 0 Å². The SMILES string of the molecule is CN=C(NCCCc1nnc2ccccn12)N1CCN(C(=O)C2CCCO2)CC1. The molecule has 0 aliphatic carbocycles. The number of aryl methyl sites for hydroxylation is 1. The molecule has 1 unspecified atom stereocenters. The van der Waals surface area contributed by atoms with Gasteiger partial charge in [0.2, 0.25) is 0 Å². The molecule has 0 radical (unpaired) electrons. The van der Waals surface area contributed by atoms with Gasteiger partial charge in [-0.15, -0.1) is 10.2 Å². The van der Waals surface area contributed by atoms with Crippen LogP contribution in [0, 0.1) is 0 Å². The zero-order valence-corrected chi connectivity index (χ0v) is 17.0. The Morgan fingerprint density at radius 1 is 1.24 bits per heavy atom. The van der Waals surface area contributed by atoms with Crippen LogP contribution in [0.5, 0.6) is 0 Å².